The van der Waals surface area contributed by atoms with Gasteiger partial charge in [-0.1, -0.05) is 12.2 Å². The standard InChI is InChI=1S/C10H16O/c1-7(11)4-10-6-8-2-3-9(10)5-8/h2-3,7-11H,4-6H2,1H3/t7-,8?,9?,10?/m1/s1. The van der Waals surface area contributed by atoms with E-state index in [1.54, 1.807) is 0 Å². The Kier molecular flexibility index (Phi) is 1.76. The number of aliphatic hydroxyl groups is 1. The number of hydrogen-bond donors (Lipinski definition) is 1. The van der Waals surface area contributed by atoms with Gasteiger partial charge >= 0.3 is 0 Å². The second-order valence-electron chi connectivity index (χ2n) is 4.13. The van der Waals surface area contributed by atoms with Gasteiger partial charge in [-0.25, -0.2) is 0 Å². The van der Waals surface area contributed by atoms with Crippen LogP contribution >= 0.6 is 0 Å². The van der Waals surface area contributed by atoms with Gasteiger partial charge in [0.1, 0.15) is 0 Å². The second kappa shape index (κ2) is 2.63. The lowest BCUT2D eigenvalue weighted by Gasteiger charge is -2.18. The lowest BCUT2D eigenvalue weighted by Crippen LogP contribution is -2.13. The van der Waals surface area contributed by atoms with Crippen LogP contribution < -0.4 is 0 Å². The van der Waals surface area contributed by atoms with Crippen molar-refractivity contribution in [1.29, 1.82) is 0 Å². The third-order valence-electron chi connectivity index (χ3n) is 3.06. The maximum atomic E-state index is 9.22. The van der Waals surface area contributed by atoms with E-state index in [-0.39, 0.29) is 6.10 Å². The van der Waals surface area contributed by atoms with Gasteiger partial charge in [-0.15, -0.1) is 0 Å². The minimum absolute atomic E-state index is 0.104. The first-order valence-electron chi connectivity index (χ1n) is 4.62. The number of hydrogen-bond acceptors (Lipinski definition) is 1. The smallest absolute Gasteiger partial charge is 0.0515 e. The van der Waals surface area contributed by atoms with Gasteiger partial charge in [0.05, 0.1) is 6.10 Å². The molecule has 2 rings (SSSR count). The Morgan fingerprint density at radius 3 is 2.73 bits per heavy atom. The third kappa shape index (κ3) is 1.34. The van der Waals surface area contributed by atoms with Crippen LogP contribution in [-0.2, 0) is 0 Å². The van der Waals surface area contributed by atoms with Crippen LogP contribution in [0.25, 0.3) is 0 Å². The normalized spacial score (nSPS) is 43.3. The van der Waals surface area contributed by atoms with E-state index in [2.05, 4.69) is 12.2 Å². The Labute approximate surface area is 68.1 Å². The lowest BCUT2D eigenvalue weighted by atomic mass is 9.89. The molecule has 2 bridgehead atoms. The molecule has 62 valence electrons. The molecule has 0 aromatic carbocycles. The first-order chi connectivity index (χ1) is 5.25. The van der Waals surface area contributed by atoms with E-state index in [1.165, 1.54) is 12.8 Å². The molecule has 4 atom stereocenters. The second-order valence-corrected chi connectivity index (χ2v) is 4.13. The SMILES string of the molecule is C[C@@H](O)CC1CC2C=CC1C2. The Morgan fingerprint density at radius 2 is 2.27 bits per heavy atom. The van der Waals surface area contributed by atoms with Gasteiger partial charge in [-0.3, -0.25) is 0 Å². The summed E-state index contributed by atoms with van der Waals surface area (Å²) in [5.41, 5.74) is 0. The fourth-order valence-corrected chi connectivity index (χ4v) is 2.60. The number of allylic oxidation sites excluding steroid dienone is 2. The van der Waals surface area contributed by atoms with Crippen molar-refractivity contribution in [3.05, 3.63) is 12.2 Å². The molecule has 1 saturated carbocycles. The quantitative estimate of drug-likeness (QED) is 0.600. The predicted molar refractivity (Wildman–Crippen MR) is 45.1 cm³/mol. The summed E-state index contributed by atoms with van der Waals surface area (Å²) in [6.45, 7) is 1.90. The Bertz CT molecular complexity index is 172. The van der Waals surface area contributed by atoms with Crippen molar-refractivity contribution in [2.75, 3.05) is 0 Å². The van der Waals surface area contributed by atoms with E-state index < -0.39 is 0 Å². The summed E-state index contributed by atoms with van der Waals surface area (Å²) in [5, 5.41) is 9.22. The molecule has 0 amide bonds. The summed E-state index contributed by atoms with van der Waals surface area (Å²) in [6, 6.07) is 0. The summed E-state index contributed by atoms with van der Waals surface area (Å²) < 4.78 is 0. The summed E-state index contributed by atoms with van der Waals surface area (Å²) in [4.78, 5) is 0. The van der Waals surface area contributed by atoms with Crippen LogP contribution in [0.5, 0.6) is 0 Å². The zero-order valence-electron chi connectivity index (χ0n) is 7.03. The lowest BCUT2D eigenvalue weighted by molar-refractivity contribution is 0.152. The van der Waals surface area contributed by atoms with Crippen LogP contribution in [0.1, 0.15) is 26.2 Å². The van der Waals surface area contributed by atoms with Crippen molar-refractivity contribution in [2.45, 2.75) is 32.3 Å². The van der Waals surface area contributed by atoms with Crippen molar-refractivity contribution in [3.63, 3.8) is 0 Å². The summed E-state index contributed by atoms with van der Waals surface area (Å²) in [5.74, 6) is 2.43. The Morgan fingerprint density at radius 1 is 1.45 bits per heavy atom. The van der Waals surface area contributed by atoms with Crippen LogP contribution in [0.15, 0.2) is 12.2 Å². The largest absolute Gasteiger partial charge is 0.393 e. The van der Waals surface area contributed by atoms with Gasteiger partial charge in [0.15, 0.2) is 0 Å². The summed E-state index contributed by atoms with van der Waals surface area (Å²) >= 11 is 0. The molecule has 0 aliphatic heterocycles. The maximum absolute atomic E-state index is 9.22. The Hall–Kier alpha value is -0.300. The van der Waals surface area contributed by atoms with E-state index in [4.69, 9.17) is 0 Å². The van der Waals surface area contributed by atoms with E-state index in [9.17, 15) is 5.11 Å². The van der Waals surface area contributed by atoms with E-state index >= 15 is 0 Å². The molecule has 0 spiro atoms. The van der Waals surface area contributed by atoms with Crippen LogP contribution in [0.2, 0.25) is 0 Å². The van der Waals surface area contributed by atoms with E-state index in [1.807, 2.05) is 6.92 Å². The molecular weight excluding hydrogens is 136 g/mol. The van der Waals surface area contributed by atoms with Crippen molar-refractivity contribution < 1.29 is 5.11 Å². The van der Waals surface area contributed by atoms with Crippen LogP contribution in [0.3, 0.4) is 0 Å². The van der Waals surface area contributed by atoms with Gasteiger partial charge in [-0.2, -0.15) is 0 Å². The zero-order valence-corrected chi connectivity index (χ0v) is 7.03. The highest BCUT2D eigenvalue weighted by molar-refractivity contribution is 5.10. The number of aliphatic hydroxyl groups excluding tert-OH is 1. The molecule has 2 aliphatic carbocycles. The zero-order chi connectivity index (χ0) is 7.84. The summed E-state index contributed by atoms with van der Waals surface area (Å²) in [7, 11) is 0. The fraction of sp³-hybridized carbons (Fsp3) is 0.800. The van der Waals surface area contributed by atoms with Gasteiger partial charge in [0.2, 0.25) is 0 Å². The monoisotopic (exact) mass is 152 g/mol. The molecule has 11 heavy (non-hydrogen) atoms. The molecule has 0 aromatic heterocycles. The molecule has 1 nitrogen and oxygen atoms in total. The van der Waals surface area contributed by atoms with Crippen LogP contribution in [0, 0.1) is 17.8 Å². The molecular formula is C10H16O. The third-order valence-corrected chi connectivity index (χ3v) is 3.06. The molecule has 2 aliphatic rings. The molecule has 0 saturated heterocycles. The minimum atomic E-state index is -0.104. The van der Waals surface area contributed by atoms with Gasteiger partial charge < -0.3 is 5.11 Å². The first kappa shape index (κ1) is 7.35. The highest BCUT2D eigenvalue weighted by atomic mass is 16.3. The van der Waals surface area contributed by atoms with Crippen molar-refractivity contribution >= 4 is 0 Å². The van der Waals surface area contributed by atoms with Crippen LogP contribution in [0.4, 0.5) is 0 Å². The van der Waals surface area contributed by atoms with Crippen molar-refractivity contribution in [1.82, 2.24) is 0 Å². The van der Waals surface area contributed by atoms with E-state index in [0.717, 1.165) is 24.2 Å². The topological polar surface area (TPSA) is 20.2 Å². The average Bonchev–Trinajstić information content (AvgIpc) is 2.45. The molecule has 1 fully saturated rings. The first-order valence-corrected chi connectivity index (χ1v) is 4.62. The van der Waals surface area contributed by atoms with Crippen molar-refractivity contribution in [3.8, 4) is 0 Å². The predicted octanol–water partition coefficient (Wildman–Crippen LogP) is 1.97. The molecule has 1 N–H and O–H groups in total. The van der Waals surface area contributed by atoms with Gasteiger partial charge in [0.25, 0.3) is 0 Å². The number of fused-ring (bicyclic) bond motifs is 2. The molecule has 0 radical (unpaired) electrons. The molecule has 3 unspecified atom stereocenters. The summed E-state index contributed by atoms with van der Waals surface area (Å²) in [6.07, 6.45) is 8.28. The van der Waals surface area contributed by atoms with Gasteiger partial charge in [-0.05, 0) is 43.9 Å². The van der Waals surface area contributed by atoms with Crippen LogP contribution in [-0.4, -0.2) is 11.2 Å². The Balaban J connectivity index is 1.93. The van der Waals surface area contributed by atoms with E-state index in [0.29, 0.717) is 0 Å². The minimum Gasteiger partial charge on any atom is -0.393 e. The molecule has 0 aromatic rings. The van der Waals surface area contributed by atoms with Gasteiger partial charge in [0, 0.05) is 0 Å². The molecule has 0 heterocycles. The maximum Gasteiger partial charge on any atom is 0.0515 e. The number of rotatable bonds is 2. The molecule has 1 heteroatoms. The average molecular weight is 152 g/mol. The fourth-order valence-electron chi connectivity index (χ4n) is 2.60. The highest BCUT2D eigenvalue weighted by Gasteiger charge is 2.35. The van der Waals surface area contributed by atoms with Crippen molar-refractivity contribution in [2.24, 2.45) is 17.8 Å². The highest BCUT2D eigenvalue weighted by Crippen LogP contribution is 2.45.